The molecule has 2 N–H and O–H groups in total. The lowest BCUT2D eigenvalue weighted by Crippen LogP contribution is -2.46. The number of hydrogen-bond donors (Lipinski definition) is 2. The molecule has 29 heavy (non-hydrogen) atoms. The number of nitrogens with zero attached hydrogens (tertiary/aromatic N) is 2. The standard InChI is InChI=1S/C22H27ClN4O2/c1-3-21(28)24-18-7-5-6-16(14-18)22(29)25-19-15-17(23)8-9-20(19)27-12-10-26(4-2)11-13-27/h5-9,14-15H,3-4,10-13H2,1-2H3,(H,24,28)(H,25,29). The van der Waals surface area contributed by atoms with Crippen molar-refractivity contribution in [2.45, 2.75) is 20.3 Å². The van der Waals surface area contributed by atoms with Crippen molar-refractivity contribution in [3.63, 3.8) is 0 Å². The molecule has 2 aromatic rings. The highest BCUT2D eigenvalue weighted by molar-refractivity contribution is 6.31. The predicted octanol–water partition coefficient (Wildman–Crippen LogP) is 4.08. The number of carbonyl (C=O) groups excluding carboxylic acids is 2. The zero-order chi connectivity index (χ0) is 20.8. The largest absolute Gasteiger partial charge is 0.367 e. The summed E-state index contributed by atoms with van der Waals surface area (Å²) in [6.45, 7) is 8.78. The number of anilines is 3. The van der Waals surface area contributed by atoms with Gasteiger partial charge in [-0.25, -0.2) is 0 Å². The van der Waals surface area contributed by atoms with Crippen LogP contribution in [0.25, 0.3) is 0 Å². The summed E-state index contributed by atoms with van der Waals surface area (Å²) in [5.74, 6) is -0.334. The Morgan fingerprint density at radius 3 is 2.45 bits per heavy atom. The number of piperazine rings is 1. The van der Waals surface area contributed by atoms with Crippen LogP contribution in [-0.4, -0.2) is 49.4 Å². The molecule has 0 bridgehead atoms. The van der Waals surface area contributed by atoms with Crippen LogP contribution in [0.15, 0.2) is 42.5 Å². The fourth-order valence-corrected chi connectivity index (χ4v) is 3.54. The maximum atomic E-state index is 12.9. The van der Waals surface area contributed by atoms with E-state index >= 15 is 0 Å². The molecule has 2 amide bonds. The Balaban J connectivity index is 1.77. The Bertz CT molecular complexity index is 879. The van der Waals surface area contributed by atoms with E-state index in [1.54, 1.807) is 37.3 Å². The molecule has 0 radical (unpaired) electrons. The first-order valence-electron chi connectivity index (χ1n) is 9.98. The minimum Gasteiger partial charge on any atom is -0.367 e. The highest BCUT2D eigenvalue weighted by Gasteiger charge is 2.20. The quantitative estimate of drug-likeness (QED) is 0.747. The van der Waals surface area contributed by atoms with Crippen molar-refractivity contribution in [2.24, 2.45) is 0 Å². The van der Waals surface area contributed by atoms with Crippen LogP contribution in [0.4, 0.5) is 17.1 Å². The number of amides is 2. The summed E-state index contributed by atoms with van der Waals surface area (Å²) in [7, 11) is 0. The monoisotopic (exact) mass is 414 g/mol. The van der Waals surface area contributed by atoms with Crippen molar-refractivity contribution in [3.8, 4) is 0 Å². The van der Waals surface area contributed by atoms with Crippen molar-refractivity contribution >= 4 is 40.5 Å². The molecule has 1 fully saturated rings. The molecule has 2 aromatic carbocycles. The third kappa shape index (κ3) is 5.49. The molecule has 6 nitrogen and oxygen atoms in total. The van der Waals surface area contributed by atoms with Gasteiger partial charge in [0.2, 0.25) is 5.91 Å². The van der Waals surface area contributed by atoms with Crippen molar-refractivity contribution in [2.75, 3.05) is 48.3 Å². The lowest BCUT2D eigenvalue weighted by atomic mass is 10.1. The van der Waals surface area contributed by atoms with Crippen molar-refractivity contribution < 1.29 is 9.59 Å². The molecule has 0 saturated carbocycles. The van der Waals surface area contributed by atoms with Crippen LogP contribution in [0.5, 0.6) is 0 Å². The Labute approximate surface area is 176 Å². The SMILES string of the molecule is CCC(=O)Nc1cccc(C(=O)Nc2cc(Cl)ccc2N2CCN(CC)CC2)c1. The smallest absolute Gasteiger partial charge is 0.255 e. The van der Waals surface area contributed by atoms with E-state index < -0.39 is 0 Å². The number of rotatable bonds is 6. The summed E-state index contributed by atoms with van der Waals surface area (Å²) >= 11 is 6.20. The van der Waals surface area contributed by atoms with Gasteiger partial charge in [-0.3, -0.25) is 9.59 Å². The molecule has 0 atom stereocenters. The van der Waals surface area contributed by atoms with Gasteiger partial charge in [0.1, 0.15) is 0 Å². The molecule has 1 aliphatic rings. The van der Waals surface area contributed by atoms with Crippen molar-refractivity contribution in [3.05, 3.63) is 53.1 Å². The molecular weight excluding hydrogens is 388 g/mol. The van der Waals surface area contributed by atoms with Crippen LogP contribution in [-0.2, 0) is 4.79 Å². The summed E-state index contributed by atoms with van der Waals surface area (Å²) in [6.07, 6.45) is 0.383. The van der Waals surface area contributed by atoms with E-state index in [0.717, 1.165) is 38.4 Å². The van der Waals surface area contributed by atoms with Crippen molar-refractivity contribution in [1.29, 1.82) is 0 Å². The molecule has 7 heteroatoms. The van der Waals surface area contributed by atoms with Gasteiger partial charge in [0, 0.05) is 48.9 Å². The Morgan fingerprint density at radius 2 is 1.76 bits per heavy atom. The van der Waals surface area contributed by atoms with E-state index in [1.807, 2.05) is 12.1 Å². The molecule has 0 spiro atoms. The van der Waals surface area contributed by atoms with E-state index in [1.165, 1.54) is 0 Å². The molecule has 0 unspecified atom stereocenters. The van der Waals surface area contributed by atoms with Crippen LogP contribution >= 0.6 is 11.6 Å². The third-order valence-electron chi connectivity index (χ3n) is 5.10. The summed E-state index contributed by atoms with van der Waals surface area (Å²) in [5, 5.41) is 6.34. The fraction of sp³-hybridized carbons (Fsp3) is 0.364. The summed E-state index contributed by atoms with van der Waals surface area (Å²) < 4.78 is 0. The zero-order valence-corrected chi connectivity index (χ0v) is 17.6. The van der Waals surface area contributed by atoms with Gasteiger partial charge < -0.3 is 20.4 Å². The maximum Gasteiger partial charge on any atom is 0.255 e. The average molecular weight is 415 g/mol. The first-order chi connectivity index (χ1) is 14.0. The molecule has 0 aromatic heterocycles. The van der Waals surface area contributed by atoms with Crippen LogP contribution in [0.1, 0.15) is 30.6 Å². The zero-order valence-electron chi connectivity index (χ0n) is 16.9. The Hall–Kier alpha value is -2.57. The van der Waals surface area contributed by atoms with Crippen molar-refractivity contribution in [1.82, 2.24) is 4.90 Å². The van der Waals surface area contributed by atoms with E-state index in [9.17, 15) is 9.59 Å². The Morgan fingerprint density at radius 1 is 1.00 bits per heavy atom. The van der Waals surface area contributed by atoms with Gasteiger partial charge in [0.05, 0.1) is 11.4 Å². The number of hydrogen-bond acceptors (Lipinski definition) is 4. The number of benzene rings is 2. The third-order valence-corrected chi connectivity index (χ3v) is 5.33. The van der Waals surface area contributed by atoms with Crippen LogP contribution in [0, 0.1) is 0 Å². The summed E-state index contributed by atoms with van der Waals surface area (Å²) in [4.78, 5) is 29.2. The molecule has 154 valence electrons. The number of nitrogens with one attached hydrogen (secondary N) is 2. The molecule has 1 aliphatic heterocycles. The summed E-state index contributed by atoms with van der Waals surface area (Å²) in [5.41, 5.74) is 2.73. The lowest BCUT2D eigenvalue weighted by Gasteiger charge is -2.36. The normalized spacial score (nSPS) is 14.5. The minimum absolute atomic E-state index is 0.0918. The summed E-state index contributed by atoms with van der Waals surface area (Å²) in [6, 6.07) is 12.5. The first-order valence-corrected chi connectivity index (χ1v) is 10.4. The topological polar surface area (TPSA) is 64.7 Å². The number of halogens is 1. The van der Waals surface area contributed by atoms with E-state index in [0.29, 0.717) is 28.4 Å². The van der Waals surface area contributed by atoms with Gasteiger partial charge in [-0.2, -0.15) is 0 Å². The van der Waals surface area contributed by atoms with Gasteiger partial charge in [-0.15, -0.1) is 0 Å². The van der Waals surface area contributed by atoms with Crippen LogP contribution < -0.4 is 15.5 Å². The average Bonchev–Trinajstić information content (AvgIpc) is 2.74. The lowest BCUT2D eigenvalue weighted by molar-refractivity contribution is -0.115. The molecular formula is C22H27ClN4O2. The fourth-order valence-electron chi connectivity index (χ4n) is 3.37. The predicted molar refractivity (Wildman–Crippen MR) is 119 cm³/mol. The van der Waals surface area contributed by atoms with E-state index in [2.05, 4.69) is 27.4 Å². The van der Waals surface area contributed by atoms with Gasteiger partial charge >= 0.3 is 0 Å². The second-order valence-electron chi connectivity index (χ2n) is 7.02. The second-order valence-corrected chi connectivity index (χ2v) is 7.46. The molecule has 1 heterocycles. The first kappa shape index (κ1) is 21.1. The highest BCUT2D eigenvalue weighted by atomic mass is 35.5. The van der Waals surface area contributed by atoms with Gasteiger partial charge in [-0.1, -0.05) is 31.5 Å². The Kier molecular flexibility index (Phi) is 7.12. The molecule has 1 saturated heterocycles. The second kappa shape index (κ2) is 9.76. The minimum atomic E-state index is -0.242. The van der Waals surface area contributed by atoms with Crippen LogP contribution in [0.2, 0.25) is 5.02 Å². The highest BCUT2D eigenvalue weighted by Crippen LogP contribution is 2.30. The maximum absolute atomic E-state index is 12.9. The number of carbonyl (C=O) groups is 2. The van der Waals surface area contributed by atoms with Crippen LogP contribution in [0.3, 0.4) is 0 Å². The molecule has 0 aliphatic carbocycles. The van der Waals surface area contributed by atoms with Gasteiger partial charge in [0.25, 0.3) is 5.91 Å². The van der Waals surface area contributed by atoms with Gasteiger partial charge in [-0.05, 0) is 42.9 Å². The van der Waals surface area contributed by atoms with E-state index in [4.69, 9.17) is 11.6 Å². The number of likely N-dealkylation sites (N-methyl/N-ethyl adjacent to an activating group) is 1. The van der Waals surface area contributed by atoms with E-state index in [-0.39, 0.29) is 11.8 Å². The molecule has 3 rings (SSSR count). The van der Waals surface area contributed by atoms with Gasteiger partial charge in [0.15, 0.2) is 0 Å².